The number of nitrogens with two attached hydrogens (primary N) is 1. The van der Waals surface area contributed by atoms with Gasteiger partial charge < -0.3 is 16.4 Å². The Balaban J connectivity index is 0.00000312. The van der Waals surface area contributed by atoms with Crippen molar-refractivity contribution in [2.75, 3.05) is 13.1 Å². The first-order valence-corrected chi connectivity index (χ1v) is 8.12. The predicted octanol–water partition coefficient (Wildman–Crippen LogP) is 2.46. The monoisotopic (exact) mass is 452 g/mol. The molecule has 5 nitrogen and oxygen atoms in total. The Morgan fingerprint density at radius 1 is 0.920 bits per heavy atom. The number of carbonyl (C=O) groups is 1. The molecule has 0 atom stereocenters. The van der Waals surface area contributed by atoms with Crippen LogP contribution in [0.25, 0.3) is 0 Å². The highest BCUT2D eigenvalue weighted by Crippen LogP contribution is 1.98. The minimum atomic E-state index is -0.0281. The van der Waals surface area contributed by atoms with E-state index in [-0.39, 0.29) is 29.9 Å². The van der Waals surface area contributed by atoms with Gasteiger partial charge in [-0.1, -0.05) is 60.7 Å². The average Bonchev–Trinajstić information content (AvgIpc) is 2.62. The van der Waals surface area contributed by atoms with E-state index < -0.39 is 0 Å². The van der Waals surface area contributed by atoms with E-state index in [1.807, 2.05) is 48.5 Å². The number of amides is 1. The highest BCUT2D eigenvalue weighted by Gasteiger charge is 2.01. The second-order valence-electron chi connectivity index (χ2n) is 5.44. The number of hydrogen-bond acceptors (Lipinski definition) is 2. The lowest BCUT2D eigenvalue weighted by Crippen LogP contribution is -2.33. The van der Waals surface area contributed by atoms with Crippen LogP contribution in [0, 0.1) is 0 Å². The van der Waals surface area contributed by atoms with Gasteiger partial charge >= 0.3 is 0 Å². The smallest absolute Gasteiger partial charge is 0.222 e. The molecule has 0 saturated heterocycles. The van der Waals surface area contributed by atoms with E-state index in [1.54, 1.807) is 0 Å². The van der Waals surface area contributed by atoms with Gasteiger partial charge in [-0.25, -0.2) is 0 Å². The molecule has 4 N–H and O–H groups in total. The van der Waals surface area contributed by atoms with Gasteiger partial charge in [0.15, 0.2) is 5.96 Å². The molecule has 6 heteroatoms. The molecule has 0 aliphatic rings. The molecule has 0 heterocycles. The van der Waals surface area contributed by atoms with E-state index in [1.165, 1.54) is 5.56 Å². The van der Waals surface area contributed by atoms with Crippen molar-refractivity contribution in [1.29, 1.82) is 0 Å². The van der Waals surface area contributed by atoms with E-state index in [9.17, 15) is 4.79 Å². The van der Waals surface area contributed by atoms with Crippen LogP contribution >= 0.6 is 24.0 Å². The summed E-state index contributed by atoms with van der Waals surface area (Å²) >= 11 is 0. The molecular formula is C19H25IN4O. The summed E-state index contributed by atoms with van der Waals surface area (Å²) in [6.45, 7) is 1.64. The molecule has 0 aliphatic carbocycles. The lowest BCUT2D eigenvalue weighted by Gasteiger charge is -2.06. The van der Waals surface area contributed by atoms with Crippen molar-refractivity contribution in [2.24, 2.45) is 10.7 Å². The van der Waals surface area contributed by atoms with Crippen molar-refractivity contribution < 1.29 is 4.79 Å². The van der Waals surface area contributed by atoms with Gasteiger partial charge in [-0.05, 0) is 17.5 Å². The Morgan fingerprint density at radius 2 is 1.52 bits per heavy atom. The van der Waals surface area contributed by atoms with Crippen LogP contribution in [0.4, 0.5) is 0 Å². The van der Waals surface area contributed by atoms with Gasteiger partial charge in [-0.15, -0.1) is 24.0 Å². The Hall–Kier alpha value is -2.09. The van der Waals surface area contributed by atoms with Crippen molar-refractivity contribution >= 4 is 35.8 Å². The molecule has 0 bridgehead atoms. The zero-order valence-corrected chi connectivity index (χ0v) is 16.5. The minimum Gasteiger partial charge on any atom is -0.370 e. The summed E-state index contributed by atoms with van der Waals surface area (Å²) in [7, 11) is 0. The zero-order chi connectivity index (χ0) is 17.0. The molecular weight excluding hydrogens is 427 g/mol. The van der Waals surface area contributed by atoms with Gasteiger partial charge in [-0.2, -0.15) is 0 Å². The fourth-order valence-corrected chi connectivity index (χ4v) is 2.20. The van der Waals surface area contributed by atoms with Gasteiger partial charge in [0.05, 0.1) is 6.54 Å². The van der Waals surface area contributed by atoms with Crippen molar-refractivity contribution in [2.45, 2.75) is 19.4 Å². The number of nitrogens with one attached hydrogen (secondary N) is 2. The second kappa shape index (κ2) is 12.3. The molecule has 25 heavy (non-hydrogen) atoms. The third-order valence-corrected chi connectivity index (χ3v) is 3.52. The first kappa shape index (κ1) is 21.0. The number of carbonyl (C=O) groups excluding carboxylic acids is 1. The number of hydrogen-bond donors (Lipinski definition) is 3. The largest absolute Gasteiger partial charge is 0.370 e. The van der Waals surface area contributed by atoms with Gasteiger partial charge in [-0.3, -0.25) is 9.79 Å². The Labute approximate surface area is 166 Å². The molecule has 0 unspecified atom stereocenters. The lowest BCUT2D eigenvalue weighted by atomic mass is 10.1. The molecule has 2 rings (SSSR count). The first-order chi connectivity index (χ1) is 11.7. The van der Waals surface area contributed by atoms with Crippen molar-refractivity contribution in [3.63, 3.8) is 0 Å². The van der Waals surface area contributed by atoms with E-state index in [0.717, 1.165) is 18.5 Å². The fraction of sp³-hybridized carbons (Fsp3) is 0.263. The number of halogens is 1. The van der Waals surface area contributed by atoms with E-state index in [4.69, 9.17) is 5.73 Å². The summed E-state index contributed by atoms with van der Waals surface area (Å²) in [5.74, 6) is 0.349. The number of guanidine groups is 1. The summed E-state index contributed by atoms with van der Waals surface area (Å²) < 4.78 is 0. The summed E-state index contributed by atoms with van der Waals surface area (Å²) in [4.78, 5) is 15.9. The van der Waals surface area contributed by atoms with Crippen LogP contribution in [0.3, 0.4) is 0 Å². The topological polar surface area (TPSA) is 79.5 Å². The number of rotatable bonds is 8. The van der Waals surface area contributed by atoms with Crippen LogP contribution in [-0.2, 0) is 17.8 Å². The standard InChI is InChI=1S/C19H24N4O.HI/c20-19(21-13-11-16-7-3-1-4-8-16)22-14-12-18(24)23-15-17-9-5-2-6-10-17;/h1-10H,11-15H2,(H,23,24)(H3,20,21,22);1H. The maximum Gasteiger partial charge on any atom is 0.222 e. The third kappa shape index (κ3) is 9.09. The van der Waals surface area contributed by atoms with Gasteiger partial charge in [0.25, 0.3) is 0 Å². The first-order valence-electron chi connectivity index (χ1n) is 8.12. The summed E-state index contributed by atoms with van der Waals surface area (Å²) in [6, 6.07) is 20.0. The van der Waals surface area contributed by atoms with Crippen molar-refractivity contribution in [1.82, 2.24) is 10.6 Å². The SMILES string of the molecule is I.NC(=NCCC(=O)NCc1ccccc1)NCCc1ccccc1. The maximum atomic E-state index is 11.8. The lowest BCUT2D eigenvalue weighted by molar-refractivity contribution is -0.121. The summed E-state index contributed by atoms with van der Waals surface area (Å²) in [6.07, 6.45) is 1.21. The molecule has 0 saturated carbocycles. The molecule has 1 amide bonds. The molecule has 134 valence electrons. The Bertz CT molecular complexity index is 647. The van der Waals surface area contributed by atoms with Gasteiger partial charge in [0.2, 0.25) is 5.91 Å². The van der Waals surface area contributed by atoms with E-state index in [2.05, 4.69) is 27.8 Å². The predicted molar refractivity (Wildman–Crippen MR) is 113 cm³/mol. The van der Waals surface area contributed by atoms with Crippen LogP contribution in [0.1, 0.15) is 17.5 Å². The normalized spacial score (nSPS) is 10.6. The summed E-state index contributed by atoms with van der Waals surface area (Å²) in [5, 5.41) is 5.93. The molecule has 0 fully saturated rings. The highest BCUT2D eigenvalue weighted by atomic mass is 127. The quantitative estimate of drug-likeness (QED) is 0.327. The van der Waals surface area contributed by atoms with Crippen LogP contribution in [0.2, 0.25) is 0 Å². The third-order valence-electron chi connectivity index (χ3n) is 3.52. The summed E-state index contributed by atoms with van der Waals surface area (Å²) in [5.41, 5.74) is 8.12. The Kier molecular flexibility index (Phi) is 10.3. The van der Waals surface area contributed by atoms with Crippen LogP contribution < -0.4 is 16.4 Å². The Morgan fingerprint density at radius 3 is 2.16 bits per heavy atom. The van der Waals surface area contributed by atoms with Crippen molar-refractivity contribution in [3.8, 4) is 0 Å². The number of benzene rings is 2. The van der Waals surface area contributed by atoms with E-state index in [0.29, 0.717) is 25.5 Å². The molecule has 2 aromatic carbocycles. The van der Waals surface area contributed by atoms with Gasteiger partial charge in [0.1, 0.15) is 0 Å². The highest BCUT2D eigenvalue weighted by molar-refractivity contribution is 14.0. The molecule has 0 spiro atoms. The molecule has 2 aromatic rings. The maximum absolute atomic E-state index is 11.8. The molecule has 0 radical (unpaired) electrons. The van der Waals surface area contributed by atoms with E-state index >= 15 is 0 Å². The molecule has 0 aromatic heterocycles. The minimum absolute atomic E-state index is 0. The second-order valence-corrected chi connectivity index (χ2v) is 5.44. The fourth-order valence-electron chi connectivity index (χ4n) is 2.20. The number of nitrogens with zero attached hydrogens (tertiary/aromatic N) is 1. The number of aliphatic imine (C=N–C) groups is 1. The average molecular weight is 452 g/mol. The zero-order valence-electron chi connectivity index (χ0n) is 14.2. The van der Waals surface area contributed by atoms with Crippen LogP contribution in [0.5, 0.6) is 0 Å². The van der Waals surface area contributed by atoms with Crippen LogP contribution in [-0.4, -0.2) is 25.0 Å². The van der Waals surface area contributed by atoms with Crippen LogP contribution in [0.15, 0.2) is 65.7 Å². The van der Waals surface area contributed by atoms with Crippen molar-refractivity contribution in [3.05, 3.63) is 71.8 Å². The molecule has 0 aliphatic heterocycles. The van der Waals surface area contributed by atoms with Gasteiger partial charge in [0, 0.05) is 19.5 Å².